The minimum atomic E-state index is 0.552. The molecule has 1 nitrogen and oxygen atoms in total. The molecule has 1 aliphatic heterocycles. The van der Waals surface area contributed by atoms with E-state index in [0.717, 1.165) is 6.42 Å². The third-order valence-corrected chi connectivity index (χ3v) is 1.90. The zero-order valence-corrected chi connectivity index (χ0v) is 7.20. The third-order valence-electron chi connectivity index (χ3n) is 1.90. The first-order valence-electron chi connectivity index (χ1n) is 4.02. The number of likely N-dealkylation sites (N-methyl/N-ethyl adjacent to an activating group) is 1. The van der Waals surface area contributed by atoms with Crippen LogP contribution in [0.4, 0.5) is 0 Å². The van der Waals surface area contributed by atoms with Crippen LogP contribution in [0.25, 0.3) is 0 Å². The van der Waals surface area contributed by atoms with Crippen LogP contribution in [0.2, 0.25) is 0 Å². The lowest BCUT2D eigenvalue weighted by atomic mass is 10.1. The zero-order valence-electron chi connectivity index (χ0n) is 7.20. The van der Waals surface area contributed by atoms with Crippen molar-refractivity contribution in [2.45, 2.75) is 19.4 Å². The average Bonchev–Trinajstić information content (AvgIpc) is 2.03. The summed E-state index contributed by atoms with van der Waals surface area (Å²) >= 11 is 0. The topological polar surface area (TPSA) is 3.24 Å². The molecule has 0 bridgehead atoms. The van der Waals surface area contributed by atoms with Crippen LogP contribution in [0.15, 0.2) is 36.6 Å². The van der Waals surface area contributed by atoms with E-state index in [1.165, 1.54) is 0 Å². The van der Waals surface area contributed by atoms with Crippen LogP contribution in [0.3, 0.4) is 0 Å². The van der Waals surface area contributed by atoms with Crippen LogP contribution in [-0.4, -0.2) is 18.0 Å². The second kappa shape index (κ2) is 4.02. The fourth-order valence-corrected chi connectivity index (χ4v) is 1.14. The van der Waals surface area contributed by atoms with Gasteiger partial charge in [-0.3, -0.25) is 0 Å². The number of nitrogens with zero attached hydrogens (tertiary/aromatic N) is 1. The van der Waals surface area contributed by atoms with Gasteiger partial charge < -0.3 is 4.90 Å². The highest BCUT2D eigenvalue weighted by Gasteiger charge is 2.06. The van der Waals surface area contributed by atoms with Crippen molar-refractivity contribution in [1.82, 2.24) is 4.90 Å². The predicted molar refractivity (Wildman–Crippen MR) is 49.3 cm³/mol. The van der Waals surface area contributed by atoms with Crippen LogP contribution in [0.5, 0.6) is 0 Å². The fraction of sp³-hybridized carbons (Fsp3) is 0.400. The van der Waals surface area contributed by atoms with Gasteiger partial charge in [-0.2, -0.15) is 0 Å². The molecule has 0 spiro atoms. The molecular weight excluding hydrogens is 134 g/mol. The van der Waals surface area contributed by atoms with Crippen LogP contribution >= 0.6 is 0 Å². The van der Waals surface area contributed by atoms with Crippen LogP contribution in [-0.2, 0) is 0 Å². The molecule has 1 heterocycles. The quantitative estimate of drug-likeness (QED) is 0.545. The fourth-order valence-electron chi connectivity index (χ4n) is 1.14. The number of rotatable bonds is 2. The Balaban J connectivity index is 2.45. The van der Waals surface area contributed by atoms with E-state index in [1.54, 1.807) is 0 Å². The zero-order chi connectivity index (χ0) is 8.10. The van der Waals surface area contributed by atoms with Crippen molar-refractivity contribution in [2.24, 2.45) is 0 Å². The first-order valence-corrected chi connectivity index (χ1v) is 4.02. The molecule has 0 amide bonds. The highest BCUT2D eigenvalue weighted by molar-refractivity contribution is 5.13. The van der Waals surface area contributed by atoms with E-state index in [0.29, 0.717) is 6.04 Å². The van der Waals surface area contributed by atoms with Crippen LogP contribution in [0, 0.1) is 0 Å². The molecule has 0 saturated heterocycles. The van der Waals surface area contributed by atoms with E-state index in [-0.39, 0.29) is 0 Å². The van der Waals surface area contributed by atoms with Gasteiger partial charge in [0.05, 0.1) is 6.04 Å². The molecular formula is C10H15N. The maximum absolute atomic E-state index is 2.22. The lowest BCUT2D eigenvalue weighted by Gasteiger charge is -2.24. The Kier molecular flexibility index (Phi) is 2.96. The van der Waals surface area contributed by atoms with Crippen molar-refractivity contribution in [3.05, 3.63) is 36.6 Å². The lowest BCUT2D eigenvalue weighted by Crippen LogP contribution is -2.25. The SMILES string of the molecule is C/C=C/CC1C=CC=CN1C. The van der Waals surface area contributed by atoms with Crippen molar-refractivity contribution in [1.29, 1.82) is 0 Å². The minimum absolute atomic E-state index is 0.552. The highest BCUT2D eigenvalue weighted by Crippen LogP contribution is 2.09. The monoisotopic (exact) mass is 149 g/mol. The van der Waals surface area contributed by atoms with E-state index < -0.39 is 0 Å². The normalized spacial score (nSPS) is 23.5. The van der Waals surface area contributed by atoms with Crippen molar-refractivity contribution < 1.29 is 0 Å². The van der Waals surface area contributed by atoms with Crippen molar-refractivity contribution in [3.63, 3.8) is 0 Å². The predicted octanol–water partition coefficient (Wildman–Crippen LogP) is 2.34. The molecule has 1 atom stereocenters. The molecule has 0 aromatic rings. The first-order chi connectivity index (χ1) is 5.34. The minimum Gasteiger partial charge on any atom is -0.374 e. The summed E-state index contributed by atoms with van der Waals surface area (Å²) in [7, 11) is 2.11. The molecule has 0 saturated carbocycles. The maximum Gasteiger partial charge on any atom is 0.0501 e. The summed E-state index contributed by atoms with van der Waals surface area (Å²) in [6.07, 6.45) is 13.9. The number of allylic oxidation sites excluding steroid dienone is 3. The summed E-state index contributed by atoms with van der Waals surface area (Å²) in [6, 6.07) is 0.552. The van der Waals surface area contributed by atoms with E-state index in [2.05, 4.69) is 55.5 Å². The molecule has 0 N–H and O–H groups in total. The molecule has 0 radical (unpaired) electrons. The van der Waals surface area contributed by atoms with E-state index in [4.69, 9.17) is 0 Å². The molecule has 1 rings (SSSR count). The Labute approximate surface area is 68.7 Å². The largest absolute Gasteiger partial charge is 0.374 e. The van der Waals surface area contributed by atoms with Gasteiger partial charge in [-0.05, 0) is 25.6 Å². The Bertz CT molecular complexity index is 189. The maximum atomic E-state index is 2.22. The summed E-state index contributed by atoms with van der Waals surface area (Å²) in [5.41, 5.74) is 0. The molecule has 1 heteroatoms. The average molecular weight is 149 g/mol. The van der Waals surface area contributed by atoms with Gasteiger partial charge in [0.15, 0.2) is 0 Å². The van der Waals surface area contributed by atoms with Crippen LogP contribution < -0.4 is 0 Å². The Morgan fingerprint density at radius 3 is 2.91 bits per heavy atom. The van der Waals surface area contributed by atoms with Gasteiger partial charge in [0.25, 0.3) is 0 Å². The first kappa shape index (κ1) is 8.12. The third kappa shape index (κ3) is 2.26. The molecule has 1 unspecified atom stereocenters. The number of hydrogen-bond acceptors (Lipinski definition) is 1. The standard InChI is InChI=1S/C10H15N/c1-3-4-7-10-8-5-6-9-11(10)2/h3-6,8-10H,7H2,1-2H3/b4-3+. The molecule has 60 valence electrons. The van der Waals surface area contributed by atoms with Crippen molar-refractivity contribution >= 4 is 0 Å². The van der Waals surface area contributed by atoms with Gasteiger partial charge in [0.2, 0.25) is 0 Å². The smallest absolute Gasteiger partial charge is 0.0501 e. The van der Waals surface area contributed by atoms with Gasteiger partial charge in [0, 0.05) is 7.05 Å². The molecule has 0 aromatic carbocycles. The Hall–Kier alpha value is -0.980. The molecule has 0 aromatic heterocycles. The number of hydrogen-bond donors (Lipinski definition) is 0. The Morgan fingerprint density at radius 2 is 2.27 bits per heavy atom. The van der Waals surface area contributed by atoms with E-state index in [9.17, 15) is 0 Å². The lowest BCUT2D eigenvalue weighted by molar-refractivity contribution is 0.382. The summed E-state index contributed by atoms with van der Waals surface area (Å²) < 4.78 is 0. The summed E-state index contributed by atoms with van der Waals surface area (Å²) in [4.78, 5) is 2.22. The molecule has 0 fully saturated rings. The van der Waals surface area contributed by atoms with Crippen molar-refractivity contribution in [2.75, 3.05) is 7.05 Å². The second-order valence-corrected chi connectivity index (χ2v) is 2.76. The second-order valence-electron chi connectivity index (χ2n) is 2.76. The van der Waals surface area contributed by atoms with Crippen LogP contribution in [0.1, 0.15) is 13.3 Å². The van der Waals surface area contributed by atoms with Crippen molar-refractivity contribution in [3.8, 4) is 0 Å². The van der Waals surface area contributed by atoms with Gasteiger partial charge in [-0.1, -0.05) is 24.3 Å². The molecule has 11 heavy (non-hydrogen) atoms. The molecule has 1 aliphatic rings. The summed E-state index contributed by atoms with van der Waals surface area (Å²) in [5, 5.41) is 0. The van der Waals surface area contributed by atoms with E-state index >= 15 is 0 Å². The van der Waals surface area contributed by atoms with Gasteiger partial charge in [0.1, 0.15) is 0 Å². The van der Waals surface area contributed by atoms with Gasteiger partial charge >= 0.3 is 0 Å². The van der Waals surface area contributed by atoms with Gasteiger partial charge in [-0.25, -0.2) is 0 Å². The molecule has 0 aliphatic carbocycles. The Morgan fingerprint density at radius 1 is 1.45 bits per heavy atom. The highest BCUT2D eigenvalue weighted by atomic mass is 15.1. The summed E-state index contributed by atoms with van der Waals surface area (Å²) in [6.45, 7) is 2.06. The van der Waals surface area contributed by atoms with Gasteiger partial charge in [-0.15, -0.1) is 0 Å². The van der Waals surface area contributed by atoms with E-state index in [1.807, 2.05) is 0 Å². The summed E-state index contributed by atoms with van der Waals surface area (Å²) in [5.74, 6) is 0.